The van der Waals surface area contributed by atoms with Crippen molar-refractivity contribution >= 4 is 56.6 Å². The van der Waals surface area contributed by atoms with Crippen LogP contribution in [0.2, 0.25) is 0 Å². The summed E-state index contributed by atoms with van der Waals surface area (Å²) >= 11 is 10.3. The summed E-state index contributed by atoms with van der Waals surface area (Å²) in [5, 5.41) is 163. The van der Waals surface area contributed by atoms with Crippen LogP contribution in [0.5, 0.6) is 0 Å². The number of nitrogens with zero attached hydrogens (tertiary/aromatic N) is 5. The van der Waals surface area contributed by atoms with Crippen LogP contribution < -0.4 is 31.9 Å². The van der Waals surface area contributed by atoms with Gasteiger partial charge >= 0.3 is 6.03 Å². The minimum absolute atomic E-state index is 0.0192. The Balaban J connectivity index is 0.000000255. The zero-order valence-corrected chi connectivity index (χ0v) is 72.9. The van der Waals surface area contributed by atoms with E-state index in [4.69, 9.17) is 24.4 Å². The van der Waals surface area contributed by atoms with Gasteiger partial charge in [-0.15, -0.1) is 0 Å². The van der Waals surface area contributed by atoms with E-state index in [1.807, 2.05) is 32.0 Å². The highest BCUT2D eigenvalue weighted by Gasteiger charge is 2.47. The highest BCUT2D eigenvalue weighted by Crippen LogP contribution is 2.35. The number of β-amino-alcohol motifs (C(OH)–C–C–N with tert-alkyl or cyclic N) is 7. The van der Waals surface area contributed by atoms with Crippen LogP contribution in [0, 0.1) is 59.1 Å². The third kappa shape index (κ3) is 35.7. The van der Waals surface area contributed by atoms with Crippen LogP contribution in [0.4, 0.5) is 54.4 Å². The van der Waals surface area contributed by atoms with Crippen LogP contribution in [-0.2, 0) is 16.6 Å². The van der Waals surface area contributed by atoms with Crippen molar-refractivity contribution < 1.29 is 134 Å². The molecule has 23 atom stereocenters. The number of hydrogen-bond acceptors (Lipinski definition) is 23. The van der Waals surface area contributed by atoms with Crippen LogP contribution in [-0.4, -0.2) is 367 Å². The number of nitrogens with one attached hydrogen (secondary N) is 6. The van der Waals surface area contributed by atoms with Crippen molar-refractivity contribution in [3.63, 3.8) is 0 Å². The fraction of sp³-hybridized carbons (Fsp3) is 0.815. The molecule has 0 aromatic heterocycles. The molecule has 29 nitrogen and oxygen atoms in total. The van der Waals surface area contributed by atoms with Gasteiger partial charge < -0.3 is 123 Å². The Morgan fingerprint density at radius 3 is 1.32 bits per heavy atom. The van der Waals surface area contributed by atoms with Gasteiger partial charge in [0, 0.05) is 136 Å². The summed E-state index contributed by atoms with van der Waals surface area (Å²) in [7, 11) is -1.32. The Morgan fingerprint density at radius 1 is 0.463 bits per heavy atom. The molecule has 0 spiro atoms. The molecule has 7 heterocycles. The molecule has 2 aromatic carbocycles. The number of aliphatic hydroxyl groups excluding tert-OH is 15. The Morgan fingerprint density at radius 2 is 0.854 bits per heavy atom. The third-order valence-corrected chi connectivity index (χ3v) is 26.6. The average molecular weight is 1840 g/mol. The second-order valence-corrected chi connectivity index (χ2v) is 36.6. The number of likely N-dealkylation sites (tertiary alicyclic amines) is 3. The van der Waals surface area contributed by atoms with Gasteiger partial charge in [-0.1, -0.05) is 121 Å². The molecular formula is C81H137F10N11O18S3. The number of halogens is 10. The Kier molecular flexibility index (Phi) is 49.2. The molecule has 2 saturated carbocycles. The molecule has 2 aromatic rings. The fourth-order valence-corrected chi connectivity index (χ4v) is 17.9. The number of carbonyl (C=O) groups excluding carboxylic acids is 1. The number of alkyl halides is 9. The maximum atomic E-state index is 14.2. The second-order valence-electron chi connectivity index (χ2n) is 33.6. The number of unbranched alkanes of at least 4 members (excludes halogenated alkanes) is 2. The molecule has 9 fully saturated rings. The largest absolute Gasteiger partial charge is 0.393 e. The van der Waals surface area contributed by atoms with Gasteiger partial charge in [-0.3, -0.25) is 0 Å². The molecule has 9 aliphatic rings. The molecule has 0 bridgehead atoms. The lowest BCUT2D eigenvalue weighted by Crippen LogP contribution is -2.58. The van der Waals surface area contributed by atoms with Crippen LogP contribution in [0.3, 0.4) is 0 Å². The smallest absolute Gasteiger partial charge is 0.317 e. The first-order valence-electron chi connectivity index (χ1n) is 42.8. The predicted molar refractivity (Wildman–Crippen MR) is 450 cm³/mol. The van der Waals surface area contributed by atoms with Gasteiger partial charge in [-0.2, -0.15) is 17.0 Å². The molecule has 21 N–H and O–H groups in total. The number of piperidine rings is 7. The molecule has 11 rings (SSSR count). The second kappa shape index (κ2) is 55.5. The molecular weight excluding hydrogens is 1700 g/mol. The number of para-hydroxylation sites is 1. The fourth-order valence-electron chi connectivity index (χ4n) is 16.2. The Hall–Kier alpha value is -4.46. The first-order valence-corrected chi connectivity index (χ1v) is 45.0. The lowest BCUT2D eigenvalue weighted by Gasteiger charge is -2.40. The van der Waals surface area contributed by atoms with Gasteiger partial charge in [0.05, 0.1) is 122 Å². The van der Waals surface area contributed by atoms with Crippen LogP contribution in [0.15, 0.2) is 54.6 Å². The summed E-state index contributed by atoms with van der Waals surface area (Å²) in [6.07, 6.45) is -10.5. The van der Waals surface area contributed by atoms with Crippen LogP contribution in [0.1, 0.15) is 122 Å². The van der Waals surface area contributed by atoms with Crippen molar-refractivity contribution in [2.24, 2.45) is 53.3 Å². The summed E-state index contributed by atoms with van der Waals surface area (Å²) in [5.74, 6) is -5.41. The first kappa shape index (κ1) is 109. The van der Waals surface area contributed by atoms with E-state index in [1.54, 1.807) is 24.3 Å². The van der Waals surface area contributed by atoms with E-state index in [0.29, 0.717) is 82.1 Å². The van der Waals surface area contributed by atoms with E-state index in [9.17, 15) is 134 Å². The van der Waals surface area contributed by atoms with Crippen molar-refractivity contribution in [1.29, 1.82) is 0 Å². The monoisotopic (exact) mass is 1840 g/mol. The standard InChI is InChI=1S/C13H16F2N2O2S.C13H24FNO2.C13H25NO3.C12H16FNO2.C11H20F2N2O3.C11H20F2N2O2S.C8H16F2N2O4S/c14-12(15)9-6-17(7-10(18)11(9)19)13(20)16-8-4-2-1-3-5-8;14-11(6-9-4-2-1-3-5-9)10-7-15-8-12(16)13(10)17;15-11(6-9-4-2-1-3-5-9)10-7-14-8-12(16)13(10)17;13-10-3-1-8(2-4-10)5-9-6-14-7-11(15)12(9)16;2*1-2-3-4-14-11(18)15-5-7(10(12)13)9(17)8(16)6-15;1-11(2)17(15,16)12-3-5(8(9)10)7(14)6(13)4-12/h1-5,9-12,18-19H,6-7H2,(H,16,20);9-13,15-17H,1-8H2;9-17H,1-8H2;1-4,9,11-12,14-16H,5-7H2;2*7-10,16-17H,2-6H2,1H3,(H,14,18);5-8,13-14H,3-4H2,1-2H3/t9-,10+,11+;2*10-,11?,12-,13-;9-,11+,12+;2*7-,8+,9+;5-,6+,7+/m0110000/s1. The first-order chi connectivity index (χ1) is 58.1. The minimum Gasteiger partial charge on any atom is -0.393 e. The van der Waals surface area contributed by atoms with Gasteiger partial charge in [0.1, 0.15) is 12.0 Å². The normalized spacial score (nSPS) is 31.6. The van der Waals surface area contributed by atoms with E-state index in [2.05, 4.69) is 31.9 Å². The van der Waals surface area contributed by atoms with Crippen molar-refractivity contribution in [2.75, 3.05) is 124 Å². The molecule has 7 saturated heterocycles. The van der Waals surface area contributed by atoms with Gasteiger partial charge in [0.25, 0.3) is 10.2 Å². The van der Waals surface area contributed by atoms with Gasteiger partial charge in [-0.25, -0.2) is 48.7 Å². The summed E-state index contributed by atoms with van der Waals surface area (Å²) in [5.41, 5.74) is 1.72. The van der Waals surface area contributed by atoms with Crippen molar-refractivity contribution in [3.05, 3.63) is 66.0 Å². The number of benzene rings is 2. The highest BCUT2D eigenvalue weighted by molar-refractivity contribution is 7.86. The molecule has 0 radical (unpaired) electrons. The van der Waals surface area contributed by atoms with Gasteiger partial charge in [0.2, 0.25) is 25.7 Å². The van der Waals surface area contributed by atoms with Crippen molar-refractivity contribution in [2.45, 2.75) is 246 Å². The summed E-state index contributed by atoms with van der Waals surface area (Å²) in [6.45, 7) is 6.90. The molecule has 7 aliphatic heterocycles. The maximum absolute atomic E-state index is 14.2. The van der Waals surface area contributed by atoms with Crippen molar-refractivity contribution in [3.8, 4) is 0 Å². The zero-order chi connectivity index (χ0) is 91.5. The number of aliphatic hydroxyl groups is 15. The van der Waals surface area contributed by atoms with Crippen LogP contribution in [0.25, 0.3) is 0 Å². The molecule has 123 heavy (non-hydrogen) atoms. The van der Waals surface area contributed by atoms with E-state index >= 15 is 0 Å². The number of amides is 2. The third-order valence-electron chi connectivity index (χ3n) is 24.0. The lowest BCUT2D eigenvalue weighted by atomic mass is 9.80. The molecule has 2 unspecified atom stereocenters. The lowest BCUT2D eigenvalue weighted by molar-refractivity contribution is -0.107. The van der Waals surface area contributed by atoms with E-state index in [0.717, 1.165) is 69.7 Å². The quantitative estimate of drug-likeness (QED) is 0.0485. The Bertz CT molecular complexity index is 3290. The van der Waals surface area contributed by atoms with Gasteiger partial charge in [-0.05, 0) is 98.2 Å². The number of thiocarbonyl (C=S) groups is 2. The van der Waals surface area contributed by atoms with Crippen LogP contribution >= 0.6 is 24.4 Å². The zero-order valence-electron chi connectivity index (χ0n) is 70.4. The molecule has 2 aliphatic carbocycles. The highest BCUT2D eigenvalue weighted by atomic mass is 32.2. The topological polar surface area (TPSA) is 443 Å². The van der Waals surface area contributed by atoms with Gasteiger partial charge in [0.15, 0.2) is 10.2 Å². The minimum atomic E-state index is -3.86. The molecule has 42 heteroatoms. The number of hydrogen-bond donors (Lipinski definition) is 21. The predicted octanol–water partition coefficient (Wildman–Crippen LogP) is 2.81. The average Bonchev–Trinajstić information content (AvgIpc) is 0.792. The summed E-state index contributed by atoms with van der Waals surface area (Å²) in [4.78, 5) is 15.8. The van der Waals surface area contributed by atoms with E-state index < -0.39 is 176 Å². The van der Waals surface area contributed by atoms with E-state index in [-0.39, 0.29) is 68.6 Å². The number of carbonyl (C=O) groups is 1. The SMILES string of the molecule is CCCCNC(=O)N1C[C@@H](O)[C@H](O)[C@@H](C(F)F)C1.CCCCNC(=S)N1C[C@@H](O)[C@H](O)[C@@H](C(F)F)C1.CN(C)S(=O)(=O)N1C[C@@H](O)[C@H](O)[C@@H](C(F)F)C1.OC(CC1CCCCC1)[C@H]1CNC[C@@H](O)[C@@H]1O.O[C@@H]1[C@@H](Cc2ccc(F)cc2)CNC[C@H]1O.O[C@H]1[C@H](O)CN(C(=S)Nc2ccccc2)C[C@@H]1C(F)F.O[C@H]1[C@H](O)CNC[C@@H]1C(F)CC1CCCCC1. The Labute approximate surface area is 726 Å². The number of rotatable bonds is 21. The number of anilines is 1. The summed E-state index contributed by atoms with van der Waals surface area (Å²) in [6, 6.07) is 14.9. The number of urea groups is 1. The molecule has 2 amide bonds. The summed E-state index contributed by atoms with van der Waals surface area (Å²) < 4.78 is 154. The van der Waals surface area contributed by atoms with E-state index in [1.165, 1.54) is 87.4 Å². The maximum Gasteiger partial charge on any atom is 0.317 e. The molecule has 712 valence electrons. The van der Waals surface area contributed by atoms with Crippen molar-refractivity contribution in [1.82, 2.24) is 49.9 Å².